The Hall–Kier alpha value is -3.39. The molecule has 8 nitrogen and oxygen atoms in total. The van der Waals surface area contributed by atoms with Crippen LogP contribution in [0.25, 0.3) is 5.76 Å². The lowest BCUT2D eigenvalue weighted by atomic mass is 9.95. The maximum atomic E-state index is 13.2. The van der Waals surface area contributed by atoms with E-state index in [4.69, 9.17) is 9.47 Å². The summed E-state index contributed by atoms with van der Waals surface area (Å²) in [4.78, 5) is 34.1. The number of benzene rings is 1. The smallest absolute Gasteiger partial charge is 0.295 e. The highest BCUT2D eigenvalue weighted by molar-refractivity contribution is 6.46. The molecule has 36 heavy (non-hydrogen) atoms. The van der Waals surface area contributed by atoms with Crippen molar-refractivity contribution in [2.24, 2.45) is 5.92 Å². The fourth-order valence-electron chi connectivity index (χ4n) is 4.29. The number of hydrogen-bond acceptors (Lipinski definition) is 7. The van der Waals surface area contributed by atoms with Crippen molar-refractivity contribution < 1.29 is 24.2 Å². The molecule has 1 fully saturated rings. The molecule has 1 amide bonds. The van der Waals surface area contributed by atoms with Crippen LogP contribution in [-0.2, 0) is 9.59 Å². The summed E-state index contributed by atoms with van der Waals surface area (Å²) in [5, 5.41) is 11.2. The Morgan fingerprint density at radius 2 is 1.81 bits per heavy atom. The van der Waals surface area contributed by atoms with Crippen molar-refractivity contribution in [2.75, 3.05) is 39.9 Å². The van der Waals surface area contributed by atoms with E-state index in [0.717, 1.165) is 19.5 Å². The Morgan fingerprint density at radius 3 is 2.42 bits per heavy atom. The van der Waals surface area contributed by atoms with E-state index in [2.05, 4.69) is 37.6 Å². The van der Waals surface area contributed by atoms with Crippen molar-refractivity contribution in [1.82, 2.24) is 14.8 Å². The molecule has 8 heteroatoms. The van der Waals surface area contributed by atoms with Crippen molar-refractivity contribution in [3.63, 3.8) is 0 Å². The number of likely N-dealkylation sites (N-methyl/N-ethyl adjacent to an activating group) is 1. The highest BCUT2D eigenvalue weighted by Crippen LogP contribution is 2.41. The van der Waals surface area contributed by atoms with Gasteiger partial charge in [0.05, 0.1) is 25.3 Å². The number of nitrogens with zero attached hydrogens (tertiary/aromatic N) is 3. The Labute approximate surface area is 213 Å². The molecule has 2 aromatic rings. The average Bonchev–Trinajstić information content (AvgIpc) is 3.14. The van der Waals surface area contributed by atoms with Gasteiger partial charge in [-0.25, -0.2) is 0 Å². The number of pyridine rings is 1. The van der Waals surface area contributed by atoms with Gasteiger partial charge in [0.25, 0.3) is 11.7 Å². The summed E-state index contributed by atoms with van der Waals surface area (Å²) >= 11 is 0. The van der Waals surface area contributed by atoms with E-state index in [1.165, 1.54) is 12.4 Å². The first-order valence-electron chi connectivity index (χ1n) is 12.5. The van der Waals surface area contributed by atoms with Crippen molar-refractivity contribution >= 4 is 17.4 Å². The van der Waals surface area contributed by atoms with Gasteiger partial charge >= 0.3 is 0 Å². The van der Waals surface area contributed by atoms with Gasteiger partial charge in [-0.05, 0) is 55.3 Å². The van der Waals surface area contributed by atoms with Gasteiger partial charge in [-0.1, -0.05) is 33.8 Å². The Balaban J connectivity index is 2.06. The number of carbonyl (C=O) groups excluding carboxylic acids is 2. The summed E-state index contributed by atoms with van der Waals surface area (Å²) in [6.07, 6.45) is 3.97. The molecule has 1 aliphatic rings. The molecule has 0 spiro atoms. The second kappa shape index (κ2) is 12.5. The Morgan fingerprint density at radius 1 is 1.11 bits per heavy atom. The zero-order valence-electron chi connectivity index (χ0n) is 21.9. The van der Waals surface area contributed by atoms with Crippen LogP contribution in [0.3, 0.4) is 0 Å². The molecule has 1 saturated heterocycles. The average molecular weight is 496 g/mol. The molecule has 194 valence electrons. The number of Topliss-reactive ketones (excluding diaryl/α,β-unsaturated/α-hetero) is 1. The standard InChI is InChI=1S/C28H37N3O5/c1-6-30(7-2)15-16-31-25(21-8-9-22(23(18-21)35-5)36-17-12-19(3)4)24(27(33)28(31)34)26(32)20-10-13-29-14-11-20/h8-11,13-14,18-19,25,32H,6-7,12,15-17H2,1-5H3/b26-24+. The predicted molar refractivity (Wildman–Crippen MR) is 139 cm³/mol. The number of ketones is 1. The van der Waals surface area contributed by atoms with Crippen molar-refractivity contribution in [3.8, 4) is 11.5 Å². The molecule has 0 bridgehead atoms. The van der Waals surface area contributed by atoms with Crippen LogP contribution in [0.1, 0.15) is 51.3 Å². The Kier molecular flexibility index (Phi) is 9.47. The molecule has 0 radical (unpaired) electrons. The molecule has 0 saturated carbocycles. The summed E-state index contributed by atoms with van der Waals surface area (Å²) < 4.78 is 11.5. The minimum absolute atomic E-state index is 0.0567. The van der Waals surface area contributed by atoms with Crippen molar-refractivity contribution in [1.29, 1.82) is 0 Å². The van der Waals surface area contributed by atoms with Crippen LogP contribution >= 0.6 is 0 Å². The van der Waals surface area contributed by atoms with Gasteiger partial charge < -0.3 is 24.4 Å². The minimum Gasteiger partial charge on any atom is -0.507 e. The molecule has 0 aliphatic carbocycles. The highest BCUT2D eigenvalue weighted by Gasteiger charge is 2.46. The highest BCUT2D eigenvalue weighted by atomic mass is 16.5. The molecule has 1 atom stereocenters. The van der Waals surface area contributed by atoms with Gasteiger partial charge in [0.1, 0.15) is 5.76 Å². The summed E-state index contributed by atoms with van der Waals surface area (Å²) in [5.74, 6) is 0.0611. The maximum Gasteiger partial charge on any atom is 0.295 e. The molecule has 1 N–H and O–H groups in total. The molecular weight excluding hydrogens is 458 g/mol. The third kappa shape index (κ3) is 6.05. The van der Waals surface area contributed by atoms with Gasteiger partial charge in [0, 0.05) is 31.0 Å². The van der Waals surface area contributed by atoms with Crippen LogP contribution < -0.4 is 9.47 Å². The van der Waals surface area contributed by atoms with Crippen LogP contribution in [-0.4, -0.2) is 71.5 Å². The molecule has 3 rings (SSSR count). The fraction of sp³-hybridized carbons (Fsp3) is 0.464. The fourth-order valence-corrected chi connectivity index (χ4v) is 4.29. The number of methoxy groups -OCH3 is 1. The number of hydrogen-bond donors (Lipinski definition) is 1. The molecule has 1 aromatic heterocycles. The van der Waals surface area contributed by atoms with Crippen LogP contribution in [0.4, 0.5) is 0 Å². The third-order valence-electron chi connectivity index (χ3n) is 6.50. The first-order chi connectivity index (χ1) is 17.3. The molecule has 1 aliphatic heterocycles. The Bertz CT molecular complexity index is 1080. The second-order valence-electron chi connectivity index (χ2n) is 9.20. The van der Waals surface area contributed by atoms with Gasteiger partial charge in [-0.3, -0.25) is 14.6 Å². The first-order valence-corrected chi connectivity index (χ1v) is 12.5. The van der Waals surface area contributed by atoms with E-state index < -0.39 is 17.7 Å². The van der Waals surface area contributed by atoms with Gasteiger partial charge in [0.15, 0.2) is 11.5 Å². The summed E-state index contributed by atoms with van der Waals surface area (Å²) in [6.45, 7) is 11.6. The second-order valence-corrected chi connectivity index (χ2v) is 9.20. The number of ether oxygens (including phenoxy) is 2. The van der Waals surface area contributed by atoms with E-state index in [9.17, 15) is 14.7 Å². The quantitative estimate of drug-likeness (QED) is 0.267. The monoisotopic (exact) mass is 495 g/mol. The number of aromatic nitrogens is 1. The number of aliphatic hydroxyl groups excluding tert-OH is 1. The predicted octanol–water partition coefficient (Wildman–Crippen LogP) is 4.28. The molecule has 2 heterocycles. The molecular formula is C28H37N3O5. The third-order valence-corrected chi connectivity index (χ3v) is 6.50. The largest absolute Gasteiger partial charge is 0.507 e. The zero-order valence-corrected chi connectivity index (χ0v) is 21.9. The van der Waals surface area contributed by atoms with E-state index in [0.29, 0.717) is 48.2 Å². The summed E-state index contributed by atoms with van der Waals surface area (Å²) in [6, 6.07) is 7.88. The lowest BCUT2D eigenvalue weighted by molar-refractivity contribution is -0.140. The number of carbonyl (C=O) groups is 2. The molecule has 1 unspecified atom stereocenters. The SMILES string of the molecule is CCN(CC)CCN1C(=O)C(=O)/C(=C(/O)c2ccncc2)C1c1ccc(OCCC(C)C)c(OC)c1. The van der Waals surface area contributed by atoms with E-state index in [1.807, 2.05) is 6.07 Å². The van der Waals surface area contributed by atoms with E-state index >= 15 is 0 Å². The summed E-state index contributed by atoms with van der Waals surface area (Å²) in [7, 11) is 1.56. The van der Waals surface area contributed by atoms with E-state index in [-0.39, 0.29) is 11.3 Å². The van der Waals surface area contributed by atoms with Gasteiger partial charge in [-0.15, -0.1) is 0 Å². The van der Waals surface area contributed by atoms with Crippen LogP contribution in [0.2, 0.25) is 0 Å². The lowest BCUT2D eigenvalue weighted by Gasteiger charge is -2.28. The zero-order chi connectivity index (χ0) is 26.2. The topological polar surface area (TPSA) is 92.2 Å². The van der Waals surface area contributed by atoms with Crippen molar-refractivity contribution in [3.05, 3.63) is 59.4 Å². The normalized spacial score (nSPS) is 17.3. The van der Waals surface area contributed by atoms with Crippen LogP contribution in [0.15, 0.2) is 48.3 Å². The van der Waals surface area contributed by atoms with Gasteiger partial charge in [-0.2, -0.15) is 0 Å². The number of aliphatic hydroxyl groups is 1. The maximum absolute atomic E-state index is 13.2. The summed E-state index contributed by atoms with van der Waals surface area (Å²) in [5.41, 5.74) is 1.15. The first kappa shape index (κ1) is 27.2. The lowest BCUT2D eigenvalue weighted by Crippen LogP contribution is -2.38. The van der Waals surface area contributed by atoms with Crippen molar-refractivity contribution in [2.45, 2.75) is 40.2 Å². The number of rotatable bonds is 12. The number of likely N-dealkylation sites (tertiary alicyclic amines) is 1. The minimum atomic E-state index is -0.757. The van der Waals surface area contributed by atoms with E-state index in [1.54, 1.807) is 36.3 Å². The van der Waals surface area contributed by atoms with Crippen LogP contribution in [0, 0.1) is 5.92 Å². The number of amides is 1. The molecule has 1 aromatic carbocycles. The van der Waals surface area contributed by atoms with Crippen LogP contribution in [0.5, 0.6) is 11.5 Å². The van der Waals surface area contributed by atoms with Gasteiger partial charge in [0.2, 0.25) is 0 Å².